The molecule has 19 heavy (non-hydrogen) atoms. The zero-order valence-corrected chi connectivity index (χ0v) is 11.4. The van der Waals surface area contributed by atoms with Crippen LogP contribution in [0.2, 0.25) is 0 Å². The molecule has 110 valence electrons. The van der Waals surface area contributed by atoms with Crippen LogP contribution in [0.5, 0.6) is 0 Å². The summed E-state index contributed by atoms with van der Waals surface area (Å²) in [5, 5.41) is 23.0. The number of piperidine rings is 1. The van der Waals surface area contributed by atoms with E-state index in [0.29, 0.717) is 12.5 Å². The van der Waals surface area contributed by atoms with Crippen LogP contribution in [0.1, 0.15) is 19.8 Å². The lowest BCUT2D eigenvalue weighted by Gasteiger charge is -2.29. The zero-order chi connectivity index (χ0) is 14.4. The number of rotatable bonds is 5. The molecule has 4 N–H and O–H groups in total. The molecule has 1 heterocycles. The molecule has 1 saturated heterocycles. The number of likely N-dealkylation sites (tertiary alicyclic amines) is 1. The number of hydrogen-bond donors (Lipinski definition) is 4. The van der Waals surface area contributed by atoms with Crippen molar-refractivity contribution in [2.45, 2.75) is 31.9 Å². The van der Waals surface area contributed by atoms with Gasteiger partial charge in [-0.2, -0.15) is 0 Å². The number of carbonyl (C=O) groups is 2. The number of nitrogens with one attached hydrogen (secondary N) is 2. The Morgan fingerprint density at radius 3 is 2.42 bits per heavy atom. The number of nitrogens with zero attached hydrogens (tertiary/aromatic N) is 1. The summed E-state index contributed by atoms with van der Waals surface area (Å²) >= 11 is 0. The van der Waals surface area contributed by atoms with Crippen molar-refractivity contribution < 1.29 is 19.8 Å². The Bertz CT molecular complexity index is 314. The fourth-order valence-electron chi connectivity index (χ4n) is 2.08. The van der Waals surface area contributed by atoms with Crippen molar-refractivity contribution in [2.75, 3.05) is 26.7 Å². The summed E-state index contributed by atoms with van der Waals surface area (Å²) < 4.78 is 0. The van der Waals surface area contributed by atoms with E-state index in [4.69, 9.17) is 5.11 Å². The van der Waals surface area contributed by atoms with E-state index in [1.165, 1.54) is 6.92 Å². The lowest BCUT2D eigenvalue weighted by Crippen LogP contribution is -2.52. The summed E-state index contributed by atoms with van der Waals surface area (Å²) in [5.74, 6) is -0.818. The van der Waals surface area contributed by atoms with E-state index in [1.54, 1.807) is 0 Å². The molecule has 7 nitrogen and oxygen atoms in total. The van der Waals surface area contributed by atoms with Crippen LogP contribution < -0.4 is 10.6 Å². The molecule has 1 rings (SSSR count). The summed E-state index contributed by atoms with van der Waals surface area (Å²) in [6.07, 6.45) is 0.914. The highest BCUT2D eigenvalue weighted by Crippen LogP contribution is 2.14. The number of carboxylic acids is 1. The summed E-state index contributed by atoms with van der Waals surface area (Å²) in [7, 11) is 2.07. The van der Waals surface area contributed by atoms with Gasteiger partial charge in [0.15, 0.2) is 6.04 Å². The molecule has 2 atom stereocenters. The lowest BCUT2D eigenvalue weighted by molar-refractivity contribution is -0.141. The highest BCUT2D eigenvalue weighted by atomic mass is 16.4. The monoisotopic (exact) mass is 273 g/mol. The van der Waals surface area contributed by atoms with Gasteiger partial charge in [-0.25, -0.2) is 9.59 Å². The highest BCUT2D eigenvalue weighted by Gasteiger charge is 2.25. The van der Waals surface area contributed by atoms with Gasteiger partial charge >= 0.3 is 12.0 Å². The molecule has 0 aromatic carbocycles. The van der Waals surface area contributed by atoms with Crippen LogP contribution >= 0.6 is 0 Å². The van der Waals surface area contributed by atoms with Gasteiger partial charge in [0.1, 0.15) is 0 Å². The van der Waals surface area contributed by atoms with Gasteiger partial charge in [0.05, 0.1) is 6.10 Å². The lowest BCUT2D eigenvalue weighted by atomic mass is 9.97. The van der Waals surface area contributed by atoms with Crippen molar-refractivity contribution >= 4 is 12.0 Å². The first-order chi connectivity index (χ1) is 8.90. The van der Waals surface area contributed by atoms with Crippen LogP contribution in [-0.2, 0) is 4.79 Å². The first kappa shape index (κ1) is 15.7. The Morgan fingerprint density at radius 1 is 1.37 bits per heavy atom. The average Bonchev–Trinajstić information content (AvgIpc) is 2.34. The maximum atomic E-state index is 11.6. The van der Waals surface area contributed by atoms with E-state index in [2.05, 4.69) is 22.6 Å². The van der Waals surface area contributed by atoms with E-state index >= 15 is 0 Å². The van der Waals surface area contributed by atoms with Crippen molar-refractivity contribution in [3.8, 4) is 0 Å². The van der Waals surface area contributed by atoms with Gasteiger partial charge in [0.2, 0.25) is 0 Å². The molecule has 0 spiro atoms. The molecule has 2 amide bonds. The maximum absolute atomic E-state index is 11.6. The number of aliphatic hydroxyl groups is 1. The summed E-state index contributed by atoms with van der Waals surface area (Å²) in [4.78, 5) is 24.6. The Morgan fingerprint density at radius 2 is 1.95 bits per heavy atom. The normalized spacial score (nSPS) is 20.6. The minimum atomic E-state index is -1.28. The Labute approximate surface area is 113 Å². The first-order valence-corrected chi connectivity index (χ1v) is 6.54. The van der Waals surface area contributed by atoms with Crippen LogP contribution in [-0.4, -0.2) is 65.9 Å². The molecule has 1 fully saturated rings. The minimum absolute atomic E-state index is 0.428. The third-order valence-corrected chi connectivity index (χ3v) is 3.42. The Balaban J connectivity index is 2.29. The first-order valence-electron chi connectivity index (χ1n) is 6.54. The summed E-state index contributed by atoms with van der Waals surface area (Å²) in [6.45, 7) is 3.89. The van der Waals surface area contributed by atoms with Crippen molar-refractivity contribution in [2.24, 2.45) is 5.92 Å². The van der Waals surface area contributed by atoms with E-state index in [0.717, 1.165) is 25.9 Å². The summed E-state index contributed by atoms with van der Waals surface area (Å²) in [6, 6.07) is -1.83. The zero-order valence-electron chi connectivity index (χ0n) is 11.4. The molecular formula is C12H23N3O4. The van der Waals surface area contributed by atoms with Gasteiger partial charge in [0, 0.05) is 6.54 Å². The highest BCUT2D eigenvalue weighted by molar-refractivity contribution is 5.82. The molecule has 2 unspecified atom stereocenters. The molecule has 7 heteroatoms. The maximum Gasteiger partial charge on any atom is 0.328 e. The quantitative estimate of drug-likeness (QED) is 0.539. The van der Waals surface area contributed by atoms with Gasteiger partial charge in [-0.15, -0.1) is 0 Å². The molecule has 0 radical (unpaired) electrons. The third-order valence-electron chi connectivity index (χ3n) is 3.42. The third kappa shape index (κ3) is 5.44. The van der Waals surface area contributed by atoms with Crippen LogP contribution in [0.15, 0.2) is 0 Å². The second-order valence-corrected chi connectivity index (χ2v) is 5.16. The number of carboxylic acid groups (broad SMARTS) is 1. The molecule has 1 aliphatic heterocycles. The van der Waals surface area contributed by atoms with Gasteiger partial charge in [-0.3, -0.25) is 0 Å². The second-order valence-electron chi connectivity index (χ2n) is 5.16. The Hall–Kier alpha value is -1.34. The van der Waals surface area contributed by atoms with Crippen LogP contribution in [0.3, 0.4) is 0 Å². The fourth-order valence-corrected chi connectivity index (χ4v) is 2.08. The van der Waals surface area contributed by atoms with E-state index < -0.39 is 24.1 Å². The number of hydrogen-bond acceptors (Lipinski definition) is 4. The molecule has 0 bridgehead atoms. The molecule has 0 aromatic rings. The van der Waals surface area contributed by atoms with Crippen molar-refractivity contribution in [1.82, 2.24) is 15.5 Å². The minimum Gasteiger partial charge on any atom is -0.480 e. The number of urea groups is 1. The van der Waals surface area contributed by atoms with Gasteiger partial charge < -0.3 is 25.7 Å². The predicted octanol–water partition coefficient (Wildman–Crippen LogP) is -0.539. The Kier molecular flexibility index (Phi) is 6.04. The average molecular weight is 273 g/mol. The van der Waals surface area contributed by atoms with Crippen LogP contribution in [0, 0.1) is 5.92 Å². The number of aliphatic hydroxyl groups excluding tert-OH is 1. The molecule has 0 aromatic heterocycles. The van der Waals surface area contributed by atoms with Crippen LogP contribution in [0.25, 0.3) is 0 Å². The standard InChI is InChI=1S/C12H23N3O4/c1-8(16)10(11(17)18)14-12(19)13-7-9-3-5-15(2)6-4-9/h8-10,16H,3-7H2,1-2H3,(H,17,18)(H2,13,14,19). The smallest absolute Gasteiger partial charge is 0.328 e. The molecular weight excluding hydrogens is 250 g/mol. The molecule has 1 aliphatic rings. The summed E-state index contributed by atoms with van der Waals surface area (Å²) in [5.41, 5.74) is 0. The van der Waals surface area contributed by atoms with Gasteiger partial charge in [-0.1, -0.05) is 0 Å². The van der Waals surface area contributed by atoms with E-state index in [1.807, 2.05) is 0 Å². The van der Waals surface area contributed by atoms with Crippen molar-refractivity contribution in [1.29, 1.82) is 0 Å². The van der Waals surface area contributed by atoms with E-state index in [9.17, 15) is 14.7 Å². The van der Waals surface area contributed by atoms with Crippen LogP contribution in [0.4, 0.5) is 4.79 Å². The molecule has 0 aliphatic carbocycles. The fraction of sp³-hybridized carbons (Fsp3) is 0.833. The van der Waals surface area contributed by atoms with Crippen molar-refractivity contribution in [3.63, 3.8) is 0 Å². The largest absolute Gasteiger partial charge is 0.480 e. The van der Waals surface area contributed by atoms with Gasteiger partial charge in [0.25, 0.3) is 0 Å². The topological polar surface area (TPSA) is 102 Å². The number of amides is 2. The number of aliphatic carboxylic acids is 1. The second kappa shape index (κ2) is 7.30. The van der Waals surface area contributed by atoms with Gasteiger partial charge in [-0.05, 0) is 45.8 Å². The predicted molar refractivity (Wildman–Crippen MR) is 69.9 cm³/mol. The van der Waals surface area contributed by atoms with Crippen molar-refractivity contribution in [3.05, 3.63) is 0 Å². The van der Waals surface area contributed by atoms with E-state index in [-0.39, 0.29) is 0 Å². The number of carbonyl (C=O) groups excluding carboxylic acids is 1. The SMILES string of the molecule is CC(O)C(NC(=O)NCC1CCN(C)CC1)C(=O)O. The molecule has 0 saturated carbocycles.